The second-order valence-corrected chi connectivity index (χ2v) is 9.65. The van der Waals surface area contributed by atoms with Crippen LogP contribution in [0.4, 0.5) is 8.78 Å². The number of amides is 1. The molecule has 1 aliphatic rings. The Kier molecular flexibility index (Phi) is 7.20. The molecule has 0 atom stereocenters. The van der Waals surface area contributed by atoms with Gasteiger partial charge in [-0.3, -0.25) is 4.79 Å². The summed E-state index contributed by atoms with van der Waals surface area (Å²) in [6, 6.07) is 9.97. The number of halogens is 2. The van der Waals surface area contributed by atoms with Gasteiger partial charge in [0.15, 0.2) is 0 Å². The number of nitrogens with zero attached hydrogens (tertiary/aromatic N) is 1. The van der Waals surface area contributed by atoms with E-state index in [0.717, 1.165) is 23.8 Å². The first kappa shape index (κ1) is 22.4. The normalized spacial score (nSPS) is 15.8. The molecular weight excluding hydrogens is 410 g/mol. The molecule has 0 unspecified atom stereocenters. The van der Waals surface area contributed by atoms with Crippen molar-refractivity contribution in [3.05, 3.63) is 65.2 Å². The van der Waals surface area contributed by atoms with Gasteiger partial charge in [0.1, 0.15) is 11.6 Å². The third kappa shape index (κ3) is 5.64. The van der Waals surface area contributed by atoms with Crippen molar-refractivity contribution >= 4 is 15.9 Å². The first-order valence-corrected chi connectivity index (χ1v) is 11.5. The largest absolute Gasteiger partial charge is 0.352 e. The zero-order chi connectivity index (χ0) is 21.7. The molecule has 2 aromatic carbocycles. The molecule has 0 radical (unpaired) electrons. The molecule has 162 valence electrons. The topological polar surface area (TPSA) is 66.5 Å². The fourth-order valence-electron chi connectivity index (χ4n) is 3.59. The Bertz CT molecular complexity index is 986. The molecule has 5 nitrogen and oxygen atoms in total. The van der Waals surface area contributed by atoms with Crippen molar-refractivity contribution in [2.45, 2.75) is 44.0 Å². The van der Waals surface area contributed by atoms with Crippen LogP contribution >= 0.6 is 0 Å². The number of carbonyl (C=O) groups excluding carboxylic acids is 1. The molecule has 0 bridgehead atoms. The number of aryl methyl sites for hydroxylation is 1. The maximum absolute atomic E-state index is 13.6. The predicted molar refractivity (Wildman–Crippen MR) is 110 cm³/mol. The molecule has 0 spiro atoms. The monoisotopic (exact) mass is 436 g/mol. The van der Waals surface area contributed by atoms with Crippen LogP contribution in [-0.4, -0.2) is 31.7 Å². The van der Waals surface area contributed by atoms with Gasteiger partial charge in [0.2, 0.25) is 15.9 Å². The first-order chi connectivity index (χ1) is 14.3. The van der Waals surface area contributed by atoms with Crippen LogP contribution in [0.25, 0.3) is 0 Å². The summed E-state index contributed by atoms with van der Waals surface area (Å²) >= 11 is 0. The molecule has 1 aliphatic heterocycles. The minimum absolute atomic E-state index is 0.0599. The van der Waals surface area contributed by atoms with Crippen molar-refractivity contribution in [2.24, 2.45) is 5.92 Å². The number of hydrogen-bond donors (Lipinski definition) is 1. The van der Waals surface area contributed by atoms with E-state index in [4.69, 9.17) is 0 Å². The van der Waals surface area contributed by atoms with E-state index in [0.29, 0.717) is 37.2 Å². The van der Waals surface area contributed by atoms with Crippen LogP contribution in [0.3, 0.4) is 0 Å². The quantitative estimate of drug-likeness (QED) is 0.719. The van der Waals surface area contributed by atoms with Gasteiger partial charge in [-0.2, -0.15) is 4.31 Å². The van der Waals surface area contributed by atoms with Crippen LogP contribution in [-0.2, 0) is 21.4 Å². The Labute approximate surface area is 176 Å². The number of nitrogens with one attached hydrogen (secondary N) is 1. The predicted octanol–water partition coefficient (Wildman–Crippen LogP) is 3.77. The lowest BCUT2D eigenvalue weighted by Gasteiger charge is -2.31. The molecule has 2 aromatic rings. The molecule has 8 heteroatoms. The molecule has 1 amide bonds. The van der Waals surface area contributed by atoms with Gasteiger partial charge >= 0.3 is 0 Å². The summed E-state index contributed by atoms with van der Waals surface area (Å²) in [5.74, 6) is -1.08. The van der Waals surface area contributed by atoms with Crippen LogP contribution in [0.2, 0.25) is 0 Å². The van der Waals surface area contributed by atoms with Crippen LogP contribution in [0.1, 0.15) is 36.8 Å². The van der Waals surface area contributed by atoms with E-state index in [9.17, 15) is 22.0 Å². The second-order valence-electron chi connectivity index (χ2n) is 7.71. The Morgan fingerprint density at radius 3 is 2.43 bits per heavy atom. The van der Waals surface area contributed by atoms with Crippen molar-refractivity contribution < 1.29 is 22.0 Å². The number of hydrogen-bond acceptors (Lipinski definition) is 3. The summed E-state index contributed by atoms with van der Waals surface area (Å²) in [5.41, 5.74) is 1.11. The van der Waals surface area contributed by atoms with Gasteiger partial charge in [0, 0.05) is 31.6 Å². The minimum Gasteiger partial charge on any atom is -0.352 e. The summed E-state index contributed by atoms with van der Waals surface area (Å²) in [6.45, 7) is 2.70. The Morgan fingerprint density at radius 2 is 1.77 bits per heavy atom. The minimum atomic E-state index is -3.49. The lowest BCUT2D eigenvalue weighted by atomic mass is 9.93. The second kappa shape index (κ2) is 9.66. The zero-order valence-corrected chi connectivity index (χ0v) is 17.7. The number of benzene rings is 2. The van der Waals surface area contributed by atoms with Crippen molar-refractivity contribution in [1.82, 2.24) is 9.62 Å². The van der Waals surface area contributed by atoms with Crippen molar-refractivity contribution in [2.75, 3.05) is 13.1 Å². The molecule has 1 heterocycles. The summed E-state index contributed by atoms with van der Waals surface area (Å²) < 4.78 is 53.8. The van der Waals surface area contributed by atoms with Crippen LogP contribution < -0.4 is 5.32 Å². The van der Waals surface area contributed by atoms with E-state index in [1.54, 1.807) is 24.3 Å². The third-order valence-corrected chi connectivity index (χ3v) is 7.41. The number of rotatable bonds is 7. The number of sulfonamides is 1. The average molecular weight is 437 g/mol. The molecule has 0 aliphatic carbocycles. The lowest BCUT2D eigenvalue weighted by molar-refractivity contribution is -0.121. The fraction of sp³-hybridized carbons (Fsp3) is 0.409. The highest BCUT2D eigenvalue weighted by Gasteiger charge is 2.29. The average Bonchev–Trinajstić information content (AvgIpc) is 2.73. The van der Waals surface area contributed by atoms with Crippen molar-refractivity contribution in [3.63, 3.8) is 0 Å². The maximum Gasteiger partial charge on any atom is 0.243 e. The standard InChI is InChI=1S/C22H26F2N2O3S/c1-16-2-6-20(7-3-16)30(28,29)26-12-10-17(11-13-26)4-9-22(27)25-15-18-14-19(23)5-8-21(18)24/h2-3,5-8,14,17H,4,9-13,15H2,1H3,(H,25,27). The van der Waals surface area contributed by atoms with Crippen molar-refractivity contribution in [1.29, 1.82) is 0 Å². The van der Waals surface area contributed by atoms with Gasteiger partial charge in [-0.1, -0.05) is 17.7 Å². The Morgan fingerprint density at radius 1 is 1.10 bits per heavy atom. The van der Waals surface area contributed by atoms with Crippen LogP contribution in [0.5, 0.6) is 0 Å². The highest BCUT2D eigenvalue weighted by Crippen LogP contribution is 2.26. The molecule has 1 fully saturated rings. The van der Waals surface area contributed by atoms with Gasteiger partial charge in [-0.15, -0.1) is 0 Å². The molecular formula is C22H26F2N2O3S. The molecule has 3 rings (SSSR count). The van der Waals surface area contributed by atoms with Gasteiger partial charge in [-0.25, -0.2) is 17.2 Å². The van der Waals surface area contributed by atoms with E-state index >= 15 is 0 Å². The molecule has 30 heavy (non-hydrogen) atoms. The maximum atomic E-state index is 13.6. The highest BCUT2D eigenvalue weighted by molar-refractivity contribution is 7.89. The van der Waals surface area contributed by atoms with E-state index in [-0.39, 0.29) is 30.4 Å². The molecule has 0 aromatic heterocycles. The smallest absolute Gasteiger partial charge is 0.243 e. The van der Waals surface area contributed by atoms with Crippen LogP contribution in [0.15, 0.2) is 47.4 Å². The highest BCUT2D eigenvalue weighted by atomic mass is 32.2. The number of carbonyl (C=O) groups is 1. The third-order valence-electron chi connectivity index (χ3n) is 5.50. The summed E-state index contributed by atoms with van der Waals surface area (Å²) in [5, 5.41) is 2.61. The summed E-state index contributed by atoms with van der Waals surface area (Å²) in [6.07, 6.45) is 2.29. The Balaban J connectivity index is 1.44. The summed E-state index contributed by atoms with van der Waals surface area (Å²) in [7, 11) is -3.49. The van der Waals surface area contributed by atoms with Gasteiger partial charge in [-0.05, 0) is 62.4 Å². The lowest BCUT2D eigenvalue weighted by Crippen LogP contribution is -2.38. The molecule has 1 N–H and O–H groups in total. The fourth-order valence-corrected chi connectivity index (χ4v) is 5.06. The van der Waals surface area contributed by atoms with E-state index < -0.39 is 21.7 Å². The van der Waals surface area contributed by atoms with Gasteiger partial charge in [0.05, 0.1) is 4.90 Å². The summed E-state index contributed by atoms with van der Waals surface area (Å²) in [4.78, 5) is 12.4. The molecule has 1 saturated heterocycles. The Hall–Kier alpha value is -2.32. The van der Waals surface area contributed by atoms with E-state index in [1.165, 1.54) is 4.31 Å². The SMILES string of the molecule is Cc1ccc(S(=O)(=O)N2CCC(CCC(=O)NCc3cc(F)ccc3F)CC2)cc1. The van der Waals surface area contributed by atoms with Gasteiger partial charge in [0.25, 0.3) is 0 Å². The van der Waals surface area contributed by atoms with Crippen molar-refractivity contribution in [3.8, 4) is 0 Å². The number of piperidine rings is 1. The van der Waals surface area contributed by atoms with E-state index in [2.05, 4.69) is 5.32 Å². The molecule has 0 saturated carbocycles. The first-order valence-electron chi connectivity index (χ1n) is 10.0. The van der Waals surface area contributed by atoms with Crippen LogP contribution in [0, 0.1) is 24.5 Å². The zero-order valence-electron chi connectivity index (χ0n) is 16.9. The van der Waals surface area contributed by atoms with E-state index in [1.807, 2.05) is 6.92 Å². The van der Waals surface area contributed by atoms with Gasteiger partial charge < -0.3 is 5.32 Å².